The fourth-order valence-electron chi connectivity index (χ4n) is 18.2. The number of aliphatic hydroxyl groups excluding tert-OH is 1. The van der Waals surface area contributed by atoms with Crippen LogP contribution in [0, 0.1) is 195 Å². The number of nitrogens with two attached hydrogens (primary N) is 1. The van der Waals surface area contributed by atoms with Gasteiger partial charge in [0.2, 0.25) is 36.3 Å². The zero-order valence-corrected chi connectivity index (χ0v) is 59.3. The summed E-state index contributed by atoms with van der Waals surface area (Å²) >= 11 is 0. The number of aliphatic hydroxyl groups is 1. The van der Waals surface area contributed by atoms with Crippen molar-refractivity contribution in [2.24, 2.45) is 75.2 Å². The molecule has 468 valence electrons. The maximum atomic E-state index is 9.16. The van der Waals surface area contributed by atoms with Crippen LogP contribution in [0.4, 0.5) is 0 Å². The van der Waals surface area contributed by atoms with E-state index >= 15 is 0 Å². The van der Waals surface area contributed by atoms with Crippen LogP contribution in [0.5, 0.6) is 0 Å². The topological polar surface area (TPSA) is 239 Å². The molecule has 3 aromatic carbocycles. The van der Waals surface area contributed by atoms with Crippen molar-refractivity contribution in [1.82, 2.24) is 10.6 Å². The predicted molar refractivity (Wildman–Crippen MR) is 348 cm³/mol. The summed E-state index contributed by atoms with van der Waals surface area (Å²) in [6.07, 6.45) is 24.5. The molecule has 93 heavy (non-hydrogen) atoms. The monoisotopic (exact) mass is 1280 g/mol. The van der Waals surface area contributed by atoms with Crippen molar-refractivity contribution in [3.8, 4) is 36.4 Å². The fraction of sp³-hybridized carbons (Fsp3) is 0.554. The third-order valence-corrected chi connectivity index (χ3v) is 23.0. The minimum atomic E-state index is -1.05. The fourth-order valence-corrected chi connectivity index (χ4v) is 20.3. The molecule has 0 spiro atoms. The quantitative estimate of drug-likeness (QED) is 0.0620. The zero-order chi connectivity index (χ0) is 65.6. The first-order valence-electron chi connectivity index (χ1n) is 31.9. The molecule has 0 saturated heterocycles. The second-order valence-corrected chi connectivity index (χ2v) is 29.1. The molecule has 15 rings (SSSR count). The molecule has 0 radical (unpaired) electrons. The van der Waals surface area contributed by atoms with Crippen molar-refractivity contribution >= 4 is 10.9 Å². The molecule has 12 bridgehead atoms. The van der Waals surface area contributed by atoms with Crippen molar-refractivity contribution in [2.45, 2.75) is 173 Å². The van der Waals surface area contributed by atoms with Crippen LogP contribution in [0.1, 0.15) is 122 Å². The van der Waals surface area contributed by atoms with Crippen LogP contribution in [0.3, 0.4) is 0 Å². The minimum absolute atomic E-state index is 0. The van der Waals surface area contributed by atoms with Gasteiger partial charge in [0.25, 0.3) is 0 Å². The van der Waals surface area contributed by atoms with Crippen LogP contribution in [-0.4, -0.2) is 68.1 Å². The van der Waals surface area contributed by atoms with Crippen molar-refractivity contribution in [3.63, 3.8) is 0 Å². The van der Waals surface area contributed by atoms with Gasteiger partial charge in [-0.2, -0.15) is 38.5 Å². The van der Waals surface area contributed by atoms with Crippen LogP contribution in [0.15, 0.2) is 106 Å². The first-order chi connectivity index (χ1) is 44.2. The Morgan fingerprint density at radius 2 is 0.624 bits per heavy atom. The molecular formula is C74H83N15Na2OS. The molecule has 16 nitrogen and oxygen atoms in total. The Morgan fingerprint density at radius 1 is 0.419 bits per heavy atom. The first kappa shape index (κ1) is 77.4. The largest absolute Gasteiger partial charge is 1.00 e. The van der Waals surface area contributed by atoms with E-state index in [0.29, 0.717) is 24.4 Å². The molecule has 5 N–H and O–H groups in total. The van der Waals surface area contributed by atoms with E-state index in [1.54, 1.807) is 12.1 Å². The van der Waals surface area contributed by atoms with Gasteiger partial charge in [0, 0.05) is 7.11 Å². The molecule has 3 aromatic rings. The average molecular weight is 1280 g/mol. The molecule has 12 saturated carbocycles. The van der Waals surface area contributed by atoms with Gasteiger partial charge < -0.3 is 50.5 Å². The molecule has 12 aliphatic rings. The van der Waals surface area contributed by atoms with Gasteiger partial charge in [-0.1, -0.05) is 66.7 Å². The van der Waals surface area contributed by atoms with E-state index in [9.17, 15) is 0 Å². The van der Waals surface area contributed by atoms with Crippen LogP contribution < -0.4 is 75.5 Å². The smallest absolute Gasteiger partial charge is 0.451 e. The molecule has 6 unspecified atom stereocenters. The van der Waals surface area contributed by atoms with Crippen molar-refractivity contribution < 1.29 is 64.2 Å². The Hall–Kier alpha value is -6.27. The van der Waals surface area contributed by atoms with Gasteiger partial charge in [-0.05, 0) is 241 Å². The van der Waals surface area contributed by atoms with Crippen LogP contribution in [0.25, 0.3) is 29.1 Å². The normalized spacial score (nSPS) is 29.2. The van der Waals surface area contributed by atoms with Gasteiger partial charge in [-0.25, -0.2) is 39.4 Å². The SMILES string of the molecule is CO.NCC12CC3CC(CC(C3)C1)C2.[C-]#[N+]C(C#N)[C-](C)C(C#N)[N+]#[C-].[C-]#[N+]C(C#N)[C-](NCC12CC3CC(CC(C3)C1)C2)C(C#N)[N+]#[C-].[C-]#[N+]C(C#N)[C-](NCC12CC3CC(CC(C3)C1)C2)C(C#N)[N+]#[C-].[Na+].[Na+].c1ccc([S+](c2ccccc2)c2ccccc2)cc1. The standard InChI is InChI=1S/2C18H20N5.C18H15S.C11H19N.C8H5N4.CH4O.2Na/c2*1-21-15(9-19)17(16(10-20)22-2)23-11-18-6-12-3-13(7-18)5-14(4-12)8-18;1-4-10-16(11-5-1)19(17-12-6-2-7-13-17)18-14-8-3-9-15-18;12-7-11-4-8-1-9(5-11)3-10(2-8)6-11;1-6(7(4-9)11-2)8(5-10)12-3;1-2;;/h2*12-16,23H,3-8,11H2;1-15H;8-10H,1-7,12H2;7-8H,1H3;2H,1H3;;/q2*-1;+1;;-1;;2*+1. The Morgan fingerprint density at radius 3 is 0.806 bits per heavy atom. The third kappa shape index (κ3) is 19.9. The Bertz CT molecular complexity index is 2920. The molecule has 12 fully saturated rings. The maximum absolute atomic E-state index is 9.16. The van der Waals surface area contributed by atoms with E-state index in [-0.39, 0.29) is 92.9 Å². The summed E-state index contributed by atoms with van der Waals surface area (Å²) in [6.45, 7) is 45.7. The molecule has 19 heteroatoms. The Kier molecular flexibility index (Phi) is 31.4. The summed E-state index contributed by atoms with van der Waals surface area (Å²) < 4.78 is 0. The first-order valence-corrected chi connectivity index (χ1v) is 33.1. The second-order valence-electron chi connectivity index (χ2n) is 27.0. The van der Waals surface area contributed by atoms with Crippen molar-refractivity contribution in [3.05, 3.63) is 177 Å². The molecular weight excluding hydrogens is 1190 g/mol. The summed E-state index contributed by atoms with van der Waals surface area (Å²) in [5.41, 5.74) is 7.03. The van der Waals surface area contributed by atoms with E-state index in [1.165, 1.54) is 137 Å². The van der Waals surface area contributed by atoms with E-state index in [1.807, 2.05) is 24.3 Å². The van der Waals surface area contributed by atoms with Gasteiger partial charge in [0.1, 0.15) is 36.4 Å². The molecule has 0 heterocycles. The van der Waals surface area contributed by atoms with Crippen molar-refractivity contribution in [1.29, 1.82) is 31.6 Å². The van der Waals surface area contributed by atoms with Crippen molar-refractivity contribution in [2.75, 3.05) is 26.7 Å². The van der Waals surface area contributed by atoms with Gasteiger partial charge in [-0.3, -0.25) is 0 Å². The van der Waals surface area contributed by atoms with Crippen LogP contribution in [-0.2, 0) is 10.9 Å². The number of hydrogen-bond acceptors (Lipinski definition) is 10. The number of hydrogen-bond donors (Lipinski definition) is 4. The summed E-state index contributed by atoms with van der Waals surface area (Å²) in [4.78, 5) is 23.2. The predicted octanol–water partition coefficient (Wildman–Crippen LogP) is 7.66. The molecule has 0 aliphatic heterocycles. The maximum Gasteiger partial charge on any atom is 1.00 e. The summed E-state index contributed by atoms with van der Waals surface area (Å²) in [5.74, 6) is 8.47. The van der Waals surface area contributed by atoms with Crippen LogP contribution >= 0.6 is 0 Å². The number of nitrogens with one attached hydrogen (secondary N) is 2. The van der Waals surface area contributed by atoms with E-state index in [4.69, 9.17) is 81.8 Å². The van der Waals surface area contributed by atoms with Gasteiger partial charge >= 0.3 is 59.1 Å². The van der Waals surface area contributed by atoms with Crippen LogP contribution in [0.2, 0.25) is 0 Å². The number of nitriles is 6. The zero-order valence-electron chi connectivity index (χ0n) is 54.5. The van der Waals surface area contributed by atoms with Gasteiger partial charge in [0.05, 0.1) is 10.9 Å². The average Bonchev–Trinajstić information content (AvgIpc) is 0.771. The van der Waals surface area contributed by atoms with E-state index in [0.717, 1.165) is 66.9 Å². The molecule has 0 aromatic heterocycles. The Labute approximate surface area is 601 Å². The van der Waals surface area contributed by atoms with Gasteiger partial charge in [0.15, 0.2) is 14.7 Å². The minimum Gasteiger partial charge on any atom is -0.451 e. The van der Waals surface area contributed by atoms with E-state index in [2.05, 4.69) is 131 Å². The number of benzene rings is 3. The van der Waals surface area contributed by atoms with E-state index < -0.39 is 36.3 Å². The second kappa shape index (κ2) is 37.7. The molecule has 0 amide bonds. The number of rotatable bonds is 16. The summed E-state index contributed by atoms with van der Waals surface area (Å²) in [7, 11) is 0.985. The third-order valence-electron chi connectivity index (χ3n) is 20.7. The molecule has 12 aliphatic carbocycles. The Balaban J connectivity index is 0.000000213. The van der Waals surface area contributed by atoms with Gasteiger partial charge in [-0.15, -0.1) is 5.92 Å². The molecule has 6 atom stereocenters. The summed E-state index contributed by atoms with van der Waals surface area (Å²) in [6, 6.07) is 37.7. The summed E-state index contributed by atoms with van der Waals surface area (Å²) in [5, 5.41) is 67.0. The number of nitrogens with zero attached hydrogens (tertiary/aromatic N) is 12.